The highest BCUT2D eigenvalue weighted by Gasteiger charge is 2.28. The Kier molecular flexibility index (Phi) is 7.77. The third-order valence-electron chi connectivity index (χ3n) is 6.09. The number of aldehydes is 1. The molecule has 2 heterocycles. The van der Waals surface area contributed by atoms with Gasteiger partial charge in [-0.2, -0.15) is 0 Å². The van der Waals surface area contributed by atoms with E-state index < -0.39 is 11.6 Å². The van der Waals surface area contributed by atoms with Crippen molar-refractivity contribution >= 4 is 24.0 Å². The van der Waals surface area contributed by atoms with Gasteiger partial charge in [0.2, 0.25) is 0 Å². The summed E-state index contributed by atoms with van der Waals surface area (Å²) in [4.78, 5) is 42.0. The first-order chi connectivity index (χ1) is 15.2. The van der Waals surface area contributed by atoms with Gasteiger partial charge in [-0.15, -0.1) is 0 Å². The fourth-order valence-electron chi connectivity index (χ4n) is 4.32. The number of anilines is 1. The largest absolute Gasteiger partial charge is 0.465 e. The standard InChI is InChI=1S/C24H35N3O5/c1-24(2,3)32-23(30)27-13-11-25(12-14-27)16-18-7-9-26(10-8-18)20-5-6-21(22(29)31-4)19(15-20)17-28/h5-6,15,17-18H,7-14,16H2,1-4H3. The quantitative estimate of drug-likeness (QED) is 0.509. The van der Waals surface area contributed by atoms with Crippen LogP contribution in [-0.4, -0.2) is 86.7 Å². The molecule has 2 fully saturated rings. The Morgan fingerprint density at radius 3 is 2.28 bits per heavy atom. The molecule has 8 heteroatoms. The van der Waals surface area contributed by atoms with Gasteiger partial charge in [0.05, 0.1) is 12.7 Å². The maximum Gasteiger partial charge on any atom is 0.410 e. The lowest BCUT2D eigenvalue weighted by atomic mass is 9.95. The summed E-state index contributed by atoms with van der Waals surface area (Å²) >= 11 is 0. The van der Waals surface area contributed by atoms with E-state index in [1.807, 2.05) is 26.8 Å². The summed E-state index contributed by atoms with van der Waals surface area (Å²) in [7, 11) is 1.31. The highest BCUT2D eigenvalue weighted by Crippen LogP contribution is 2.26. The van der Waals surface area contributed by atoms with Gasteiger partial charge >= 0.3 is 12.1 Å². The van der Waals surface area contributed by atoms with Gasteiger partial charge in [-0.3, -0.25) is 9.69 Å². The maximum atomic E-state index is 12.2. The van der Waals surface area contributed by atoms with Crippen molar-refractivity contribution in [3.05, 3.63) is 29.3 Å². The lowest BCUT2D eigenvalue weighted by Gasteiger charge is -2.39. The molecule has 32 heavy (non-hydrogen) atoms. The molecule has 0 saturated carbocycles. The molecule has 1 aromatic rings. The molecule has 0 radical (unpaired) electrons. The predicted octanol–water partition coefficient (Wildman–Crippen LogP) is 3.05. The molecule has 2 aliphatic heterocycles. The minimum absolute atomic E-state index is 0.224. The molecule has 0 spiro atoms. The van der Waals surface area contributed by atoms with E-state index in [2.05, 4.69) is 9.80 Å². The number of benzene rings is 1. The fraction of sp³-hybridized carbons (Fsp3) is 0.625. The molecule has 1 amide bonds. The number of esters is 1. The molecule has 2 aliphatic rings. The molecule has 0 unspecified atom stereocenters. The highest BCUT2D eigenvalue weighted by atomic mass is 16.6. The summed E-state index contributed by atoms with van der Waals surface area (Å²) in [6.45, 7) is 11.7. The van der Waals surface area contributed by atoms with Crippen molar-refractivity contribution in [2.24, 2.45) is 5.92 Å². The number of methoxy groups -OCH3 is 1. The summed E-state index contributed by atoms with van der Waals surface area (Å²) in [5.41, 5.74) is 1.16. The van der Waals surface area contributed by atoms with Gasteiger partial charge in [0.15, 0.2) is 6.29 Å². The van der Waals surface area contributed by atoms with Crippen molar-refractivity contribution in [3.63, 3.8) is 0 Å². The van der Waals surface area contributed by atoms with Crippen LogP contribution in [0.1, 0.15) is 54.3 Å². The predicted molar refractivity (Wildman–Crippen MR) is 122 cm³/mol. The Bertz CT molecular complexity index is 819. The maximum absolute atomic E-state index is 12.2. The Morgan fingerprint density at radius 1 is 1.06 bits per heavy atom. The molecule has 1 aromatic carbocycles. The third-order valence-corrected chi connectivity index (χ3v) is 6.09. The van der Waals surface area contributed by atoms with E-state index in [1.165, 1.54) is 7.11 Å². The van der Waals surface area contributed by atoms with Crippen LogP contribution in [0.2, 0.25) is 0 Å². The van der Waals surface area contributed by atoms with Crippen molar-refractivity contribution < 1.29 is 23.9 Å². The summed E-state index contributed by atoms with van der Waals surface area (Å²) in [6.07, 6.45) is 2.63. The van der Waals surface area contributed by atoms with Crippen molar-refractivity contribution in [2.75, 3.05) is 57.8 Å². The Labute approximate surface area is 190 Å². The van der Waals surface area contributed by atoms with E-state index in [0.29, 0.717) is 36.4 Å². The monoisotopic (exact) mass is 445 g/mol. The Hall–Kier alpha value is -2.61. The van der Waals surface area contributed by atoms with Crippen LogP contribution in [0.4, 0.5) is 10.5 Å². The second-order valence-corrected chi connectivity index (χ2v) is 9.58. The average Bonchev–Trinajstić information content (AvgIpc) is 2.78. The number of ether oxygens (including phenoxy) is 2. The number of hydrogen-bond donors (Lipinski definition) is 0. The van der Waals surface area contributed by atoms with Crippen molar-refractivity contribution in [3.8, 4) is 0 Å². The Morgan fingerprint density at radius 2 is 1.72 bits per heavy atom. The number of piperazine rings is 1. The van der Waals surface area contributed by atoms with E-state index in [9.17, 15) is 14.4 Å². The second kappa shape index (κ2) is 10.3. The van der Waals surface area contributed by atoms with Crippen molar-refractivity contribution in [1.29, 1.82) is 0 Å². The summed E-state index contributed by atoms with van der Waals surface area (Å²) in [5.74, 6) is 0.114. The number of carbonyl (C=O) groups is 3. The van der Waals surface area contributed by atoms with Crippen molar-refractivity contribution in [1.82, 2.24) is 9.80 Å². The van der Waals surface area contributed by atoms with Crippen molar-refractivity contribution in [2.45, 2.75) is 39.2 Å². The number of piperidine rings is 1. The minimum Gasteiger partial charge on any atom is -0.465 e. The molecule has 8 nitrogen and oxygen atoms in total. The average molecular weight is 446 g/mol. The van der Waals surface area contributed by atoms with Gasteiger partial charge in [0.25, 0.3) is 0 Å². The van der Waals surface area contributed by atoms with Crippen LogP contribution >= 0.6 is 0 Å². The first-order valence-electron chi connectivity index (χ1n) is 11.3. The van der Waals surface area contributed by atoms with Gasteiger partial charge in [0.1, 0.15) is 5.60 Å². The number of amides is 1. The molecule has 0 bridgehead atoms. The first-order valence-corrected chi connectivity index (χ1v) is 11.3. The molecule has 0 atom stereocenters. The minimum atomic E-state index is -0.496. The molecular weight excluding hydrogens is 410 g/mol. The van der Waals surface area contributed by atoms with Gasteiger partial charge in [-0.1, -0.05) is 0 Å². The number of nitrogens with zero attached hydrogens (tertiary/aromatic N) is 3. The van der Waals surface area contributed by atoms with Gasteiger partial charge in [-0.05, 0) is 57.7 Å². The molecular formula is C24H35N3O5. The third kappa shape index (κ3) is 6.22. The summed E-state index contributed by atoms with van der Waals surface area (Å²) in [6, 6.07) is 5.33. The van der Waals surface area contributed by atoms with E-state index in [1.54, 1.807) is 17.0 Å². The molecule has 0 aromatic heterocycles. The molecule has 176 valence electrons. The number of hydrogen-bond acceptors (Lipinski definition) is 7. The molecule has 0 N–H and O–H groups in total. The number of rotatable bonds is 5. The lowest BCUT2D eigenvalue weighted by Crippen LogP contribution is -2.51. The van der Waals surface area contributed by atoms with Gasteiger partial charge in [-0.25, -0.2) is 9.59 Å². The van der Waals surface area contributed by atoms with Crippen LogP contribution < -0.4 is 4.90 Å². The van der Waals surface area contributed by atoms with Crippen LogP contribution in [0.5, 0.6) is 0 Å². The van der Waals surface area contributed by atoms with Crippen LogP contribution in [-0.2, 0) is 9.47 Å². The zero-order valence-electron chi connectivity index (χ0n) is 19.6. The summed E-state index contributed by atoms with van der Waals surface area (Å²) < 4.78 is 10.2. The topological polar surface area (TPSA) is 79.4 Å². The molecule has 3 rings (SSSR count). The first kappa shape index (κ1) is 24.0. The SMILES string of the molecule is COC(=O)c1ccc(N2CCC(CN3CCN(C(=O)OC(C)(C)C)CC3)CC2)cc1C=O. The molecule has 0 aliphatic carbocycles. The van der Waals surface area contributed by atoms with E-state index in [0.717, 1.165) is 51.3 Å². The van der Waals surface area contributed by atoms with Gasteiger partial charge in [0, 0.05) is 57.1 Å². The normalized spacial score (nSPS) is 18.4. The van der Waals surface area contributed by atoms with E-state index in [-0.39, 0.29) is 6.09 Å². The van der Waals surface area contributed by atoms with E-state index in [4.69, 9.17) is 9.47 Å². The van der Waals surface area contributed by atoms with Crippen LogP contribution in [0.25, 0.3) is 0 Å². The number of carbonyl (C=O) groups excluding carboxylic acids is 3. The van der Waals surface area contributed by atoms with Gasteiger partial charge < -0.3 is 19.3 Å². The van der Waals surface area contributed by atoms with Crippen LogP contribution in [0, 0.1) is 5.92 Å². The van der Waals surface area contributed by atoms with Crippen LogP contribution in [0.3, 0.4) is 0 Å². The highest BCUT2D eigenvalue weighted by molar-refractivity contribution is 5.99. The zero-order valence-corrected chi connectivity index (χ0v) is 19.6. The fourth-order valence-corrected chi connectivity index (χ4v) is 4.32. The molecule has 2 saturated heterocycles. The summed E-state index contributed by atoms with van der Waals surface area (Å²) in [5, 5.41) is 0. The second-order valence-electron chi connectivity index (χ2n) is 9.58. The smallest absolute Gasteiger partial charge is 0.410 e. The zero-order chi connectivity index (χ0) is 23.3. The van der Waals surface area contributed by atoms with Crippen LogP contribution in [0.15, 0.2) is 18.2 Å². The lowest BCUT2D eigenvalue weighted by molar-refractivity contribution is 0.0130. The Balaban J connectivity index is 1.46. The van der Waals surface area contributed by atoms with E-state index >= 15 is 0 Å².